The Hall–Kier alpha value is -2.42. The van der Waals surface area contributed by atoms with E-state index in [0.29, 0.717) is 12.0 Å². The highest BCUT2D eigenvalue weighted by atomic mass is 19.1. The van der Waals surface area contributed by atoms with Crippen LogP contribution in [0.2, 0.25) is 0 Å². The molecule has 0 aliphatic heterocycles. The van der Waals surface area contributed by atoms with Gasteiger partial charge >= 0.3 is 0 Å². The van der Waals surface area contributed by atoms with Gasteiger partial charge in [0.2, 0.25) is 0 Å². The Balaban J connectivity index is 1.77. The van der Waals surface area contributed by atoms with Crippen LogP contribution in [-0.4, -0.2) is 10.9 Å². The van der Waals surface area contributed by atoms with Gasteiger partial charge in [0, 0.05) is 29.2 Å². The Morgan fingerprint density at radius 3 is 2.62 bits per heavy atom. The highest BCUT2D eigenvalue weighted by Crippen LogP contribution is 2.20. The number of fused-ring (bicyclic) bond motifs is 1. The first-order valence-corrected chi connectivity index (χ1v) is 7.06. The molecule has 2 aromatic carbocycles. The van der Waals surface area contributed by atoms with Crippen molar-refractivity contribution in [2.24, 2.45) is 0 Å². The van der Waals surface area contributed by atoms with Crippen molar-refractivity contribution < 1.29 is 9.18 Å². The van der Waals surface area contributed by atoms with Gasteiger partial charge in [-0.2, -0.15) is 0 Å². The molecule has 0 amide bonds. The number of para-hydroxylation sites is 1. The maximum atomic E-state index is 13.6. The van der Waals surface area contributed by atoms with E-state index in [4.69, 9.17) is 0 Å². The van der Waals surface area contributed by atoms with E-state index in [1.807, 2.05) is 42.6 Å². The van der Waals surface area contributed by atoms with Crippen molar-refractivity contribution in [3.8, 4) is 0 Å². The number of hydrogen-bond acceptors (Lipinski definition) is 1. The number of hydrogen-bond donors (Lipinski definition) is 0. The van der Waals surface area contributed by atoms with Crippen molar-refractivity contribution in [3.05, 3.63) is 71.7 Å². The zero-order chi connectivity index (χ0) is 14.7. The standard InChI is InChI=1S/C18H16FNO/c19-17-9-3-1-6-14(17)7-5-11-20-12-15(13-21)16-8-2-4-10-18(16)20/h1-4,6,8-10,12-13H,5,7,11H2. The number of halogens is 1. The van der Waals surface area contributed by atoms with Crippen LogP contribution in [0.3, 0.4) is 0 Å². The second-order valence-corrected chi connectivity index (χ2v) is 5.11. The molecule has 0 unspecified atom stereocenters. The van der Waals surface area contributed by atoms with Crippen LogP contribution in [0.4, 0.5) is 4.39 Å². The molecular weight excluding hydrogens is 265 g/mol. The minimum absolute atomic E-state index is 0.150. The molecular formula is C18H16FNO. The van der Waals surface area contributed by atoms with Gasteiger partial charge in [-0.15, -0.1) is 0 Å². The fraction of sp³-hybridized carbons (Fsp3) is 0.167. The summed E-state index contributed by atoms with van der Waals surface area (Å²) in [5.74, 6) is -0.150. The predicted octanol–water partition coefficient (Wildman–Crippen LogP) is 4.23. The van der Waals surface area contributed by atoms with Gasteiger partial charge in [-0.1, -0.05) is 36.4 Å². The maximum Gasteiger partial charge on any atom is 0.152 e. The van der Waals surface area contributed by atoms with Gasteiger partial charge < -0.3 is 4.57 Å². The van der Waals surface area contributed by atoms with Crippen molar-refractivity contribution in [3.63, 3.8) is 0 Å². The molecule has 106 valence electrons. The van der Waals surface area contributed by atoms with Crippen molar-refractivity contribution in [1.29, 1.82) is 0 Å². The van der Waals surface area contributed by atoms with Gasteiger partial charge in [0.05, 0.1) is 0 Å². The summed E-state index contributed by atoms with van der Waals surface area (Å²) in [5.41, 5.74) is 2.49. The van der Waals surface area contributed by atoms with Crippen molar-refractivity contribution in [1.82, 2.24) is 4.57 Å². The molecule has 1 aromatic heterocycles. The third-order valence-electron chi connectivity index (χ3n) is 3.75. The molecule has 0 aliphatic carbocycles. The molecule has 3 rings (SSSR count). The topological polar surface area (TPSA) is 22.0 Å². The predicted molar refractivity (Wildman–Crippen MR) is 82.0 cm³/mol. The van der Waals surface area contributed by atoms with E-state index in [2.05, 4.69) is 4.57 Å². The van der Waals surface area contributed by atoms with Crippen molar-refractivity contribution in [2.75, 3.05) is 0 Å². The van der Waals surface area contributed by atoms with Crippen LogP contribution in [0.5, 0.6) is 0 Å². The van der Waals surface area contributed by atoms with Crippen molar-refractivity contribution in [2.45, 2.75) is 19.4 Å². The van der Waals surface area contributed by atoms with Gasteiger partial charge in [-0.25, -0.2) is 4.39 Å². The summed E-state index contributed by atoms with van der Waals surface area (Å²) < 4.78 is 15.6. The summed E-state index contributed by atoms with van der Waals surface area (Å²) in [6.07, 6.45) is 4.28. The highest BCUT2D eigenvalue weighted by molar-refractivity contribution is 5.97. The van der Waals surface area contributed by atoms with Crippen LogP contribution < -0.4 is 0 Å². The Morgan fingerprint density at radius 1 is 1.05 bits per heavy atom. The summed E-state index contributed by atoms with van der Waals surface area (Å²) >= 11 is 0. The number of carbonyl (C=O) groups is 1. The largest absolute Gasteiger partial charge is 0.347 e. The lowest BCUT2D eigenvalue weighted by Gasteiger charge is -2.06. The van der Waals surface area contributed by atoms with Gasteiger partial charge in [-0.05, 0) is 30.5 Å². The first-order chi connectivity index (χ1) is 10.3. The fourth-order valence-corrected chi connectivity index (χ4v) is 2.70. The number of nitrogens with zero attached hydrogens (tertiary/aromatic N) is 1. The second kappa shape index (κ2) is 5.92. The fourth-order valence-electron chi connectivity index (χ4n) is 2.70. The van der Waals surface area contributed by atoms with E-state index >= 15 is 0 Å². The number of aldehydes is 1. The Bertz CT molecular complexity index is 776. The quantitative estimate of drug-likeness (QED) is 0.642. The lowest BCUT2D eigenvalue weighted by molar-refractivity contribution is 0.112. The molecule has 21 heavy (non-hydrogen) atoms. The summed E-state index contributed by atoms with van der Waals surface area (Å²) in [4.78, 5) is 11.1. The molecule has 0 aliphatic rings. The van der Waals surface area contributed by atoms with E-state index in [1.165, 1.54) is 6.07 Å². The minimum Gasteiger partial charge on any atom is -0.347 e. The summed E-state index contributed by atoms with van der Waals surface area (Å²) in [6.45, 7) is 0.767. The summed E-state index contributed by atoms with van der Waals surface area (Å²) in [5, 5.41) is 0.971. The van der Waals surface area contributed by atoms with Crippen LogP contribution in [0.15, 0.2) is 54.7 Å². The number of aryl methyl sites for hydroxylation is 2. The van der Waals surface area contributed by atoms with Gasteiger partial charge in [0.25, 0.3) is 0 Å². The first-order valence-electron chi connectivity index (χ1n) is 7.06. The molecule has 0 radical (unpaired) electrons. The molecule has 0 fully saturated rings. The number of aromatic nitrogens is 1. The number of rotatable bonds is 5. The lowest BCUT2D eigenvalue weighted by Crippen LogP contribution is -1.99. The number of benzene rings is 2. The van der Waals surface area contributed by atoms with E-state index in [9.17, 15) is 9.18 Å². The third kappa shape index (κ3) is 2.72. The Kier molecular flexibility index (Phi) is 3.82. The normalized spacial score (nSPS) is 10.9. The lowest BCUT2D eigenvalue weighted by atomic mass is 10.1. The molecule has 0 atom stereocenters. The molecule has 0 spiro atoms. The monoisotopic (exact) mass is 281 g/mol. The zero-order valence-electron chi connectivity index (χ0n) is 11.6. The van der Waals surface area contributed by atoms with E-state index in [0.717, 1.165) is 35.7 Å². The maximum absolute atomic E-state index is 13.6. The SMILES string of the molecule is O=Cc1cn(CCCc2ccccc2F)c2ccccc12. The van der Waals surface area contributed by atoms with Crippen LogP contribution >= 0.6 is 0 Å². The average Bonchev–Trinajstić information content (AvgIpc) is 2.88. The molecule has 0 saturated carbocycles. The van der Waals surface area contributed by atoms with Crippen LogP contribution in [0.1, 0.15) is 22.3 Å². The van der Waals surface area contributed by atoms with E-state index in [-0.39, 0.29) is 5.82 Å². The molecule has 2 nitrogen and oxygen atoms in total. The van der Waals surface area contributed by atoms with E-state index in [1.54, 1.807) is 6.07 Å². The number of carbonyl (C=O) groups excluding carboxylic acids is 1. The smallest absolute Gasteiger partial charge is 0.152 e. The van der Waals surface area contributed by atoms with Crippen LogP contribution in [0, 0.1) is 5.82 Å². The second-order valence-electron chi connectivity index (χ2n) is 5.11. The van der Waals surface area contributed by atoms with Crippen LogP contribution in [-0.2, 0) is 13.0 Å². The Morgan fingerprint density at radius 2 is 1.81 bits per heavy atom. The van der Waals surface area contributed by atoms with Crippen molar-refractivity contribution >= 4 is 17.2 Å². The zero-order valence-corrected chi connectivity index (χ0v) is 11.6. The first kappa shape index (κ1) is 13.6. The average molecular weight is 281 g/mol. The van der Waals surface area contributed by atoms with Gasteiger partial charge in [0.15, 0.2) is 6.29 Å². The molecule has 0 bridgehead atoms. The molecule has 0 saturated heterocycles. The van der Waals surface area contributed by atoms with Crippen LogP contribution in [0.25, 0.3) is 10.9 Å². The molecule has 3 aromatic rings. The molecule has 0 N–H and O–H groups in total. The molecule has 3 heteroatoms. The Labute approximate surface area is 122 Å². The van der Waals surface area contributed by atoms with E-state index < -0.39 is 0 Å². The minimum atomic E-state index is -0.150. The summed E-state index contributed by atoms with van der Waals surface area (Å²) in [7, 11) is 0. The third-order valence-corrected chi connectivity index (χ3v) is 3.75. The van der Waals surface area contributed by atoms with Gasteiger partial charge in [0.1, 0.15) is 5.82 Å². The molecule has 1 heterocycles. The summed E-state index contributed by atoms with van der Waals surface area (Å²) in [6, 6.07) is 14.7. The van der Waals surface area contributed by atoms with Gasteiger partial charge in [-0.3, -0.25) is 4.79 Å². The highest BCUT2D eigenvalue weighted by Gasteiger charge is 2.07.